The van der Waals surface area contributed by atoms with E-state index in [-0.39, 0.29) is 0 Å². The maximum Gasteiger partial charge on any atom is 0.445 e. The molecule has 0 heterocycles. The molecule has 0 aromatic carbocycles. The van der Waals surface area contributed by atoms with Crippen molar-refractivity contribution in [2.45, 2.75) is 6.18 Å². The summed E-state index contributed by atoms with van der Waals surface area (Å²) < 4.78 is 63.4. The highest BCUT2D eigenvalue weighted by Gasteiger charge is 2.34. The minimum Gasteiger partial charge on any atom is -0.255 e. The van der Waals surface area contributed by atoms with Gasteiger partial charge in [0.05, 0.1) is 7.18 Å². The van der Waals surface area contributed by atoms with Crippen LogP contribution in [0.3, 0.4) is 0 Å². The van der Waals surface area contributed by atoms with Gasteiger partial charge in [0, 0.05) is 0 Å². The summed E-state index contributed by atoms with van der Waals surface area (Å²) in [5.41, 5.74) is 0. The zero-order valence-electron chi connectivity index (χ0n) is 4.85. The summed E-state index contributed by atoms with van der Waals surface area (Å²) in [4.78, 5) is 0. The molecule has 0 aliphatic rings. The largest absolute Gasteiger partial charge is 0.445 e. The van der Waals surface area contributed by atoms with Crippen molar-refractivity contribution in [3.05, 3.63) is 12.2 Å². The number of rotatable bonds is 0. The second-order valence-corrected chi connectivity index (χ2v) is 0.955. The second-order valence-electron chi connectivity index (χ2n) is 0.955. The van der Waals surface area contributed by atoms with Crippen molar-refractivity contribution in [2.24, 2.45) is 0 Å². The van der Waals surface area contributed by atoms with Crippen LogP contribution in [-0.4, -0.2) is 13.4 Å². The zero-order valence-corrected chi connectivity index (χ0v) is 4.85. The maximum atomic E-state index is 11.0. The van der Waals surface area contributed by atoms with Crippen LogP contribution in [0.4, 0.5) is 26.3 Å². The highest BCUT2D eigenvalue weighted by Crippen LogP contribution is 2.25. The topological polar surface area (TPSA) is 0 Å². The third-order valence-corrected chi connectivity index (χ3v) is 0.367. The van der Waals surface area contributed by atoms with Crippen LogP contribution in [0, 0.1) is 0 Å². The quantitative estimate of drug-likeness (QED) is 0.485. The van der Waals surface area contributed by atoms with Gasteiger partial charge in [-0.2, -0.15) is 17.6 Å². The predicted molar refractivity (Wildman–Crippen MR) is 23.4 cm³/mol. The number of halogens is 6. The number of hydrogen-bond donors (Lipinski definition) is 0. The van der Waals surface area contributed by atoms with Gasteiger partial charge in [0.1, 0.15) is 6.33 Å². The van der Waals surface area contributed by atoms with Gasteiger partial charge >= 0.3 is 6.18 Å². The van der Waals surface area contributed by atoms with Crippen LogP contribution in [0.1, 0.15) is 0 Å². The van der Waals surface area contributed by atoms with Crippen molar-refractivity contribution in [2.75, 3.05) is 7.18 Å². The van der Waals surface area contributed by atoms with Crippen LogP contribution in [0.15, 0.2) is 12.2 Å². The SMILES string of the molecule is CF.F/C=C(\F)C(F)(F)F. The Kier molecular flexibility index (Phi) is 6.18. The molecule has 0 N–H and O–H groups in total. The van der Waals surface area contributed by atoms with E-state index in [0.29, 0.717) is 7.18 Å². The van der Waals surface area contributed by atoms with Crippen LogP contribution in [0.5, 0.6) is 0 Å². The number of allylic oxidation sites excluding steroid dienone is 1. The lowest BCUT2D eigenvalue weighted by atomic mass is 10.6. The van der Waals surface area contributed by atoms with Crippen molar-refractivity contribution in [1.29, 1.82) is 0 Å². The summed E-state index contributed by atoms with van der Waals surface area (Å²) >= 11 is 0. The lowest BCUT2D eigenvalue weighted by Gasteiger charge is -1.97. The maximum absolute atomic E-state index is 11.0. The van der Waals surface area contributed by atoms with Crippen LogP contribution in [0.25, 0.3) is 0 Å². The van der Waals surface area contributed by atoms with Crippen molar-refractivity contribution in [3.8, 4) is 0 Å². The fourth-order valence-electron chi connectivity index (χ4n) is 0.0619. The molecular formula is C4H4F6. The van der Waals surface area contributed by atoms with Crippen molar-refractivity contribution in [3.63, 3.8) is 0 Å². The molecule has 0 saturated carbocycles. The van der Waals surface area contributed by atoms with E-state index in [2.05, 4.69) is 0 Å². The van der Waals surface area contributed by atoms with Crippen LogP contribution < -0.4 is 0 Å². The van der Waals surface area contributed by atoms with Crippen LogP contribution in [-0.2, 0) is 0 Å². The summed E-state index contributed by atoms with van der Waals surface area (Å²) in [6, 6.07) is 0. The molecule has 0 spiro atoms. The van der Waals surface area contributed by atoms with Crippen LogP contribution in [0.2, 0.25) is 0 Å². The lowest BCUT2D eigenvalue weighted by molar-refractivity contribution is -0.109. The molecule has 0 rings (SSSR count). The first-order chi connectivity index (χ1) is 4.48. The van der Waals surface area contributed by atoms with Crippen molar-refractivity contribution in [1.82, 2.24) is 0 Å². The minimum absolute atomic E-state index is 0.500. The lowest BCUT2D eigenvalue weighted by Crippen LogP contribution is -2.06. The van der Waals surface area contributed by atoms with Crippen LogP contribution >= 0.6 is 0 Å². The molecule has 0 amide bonds. The van der Waals surface area contributed by atoms with E-state index in [1.54, 1.807) is 0 Å². The Hall–Kier alpha value is -0.680. The Bertz CT molecular complexity index is 101. The second kappa shape index (κ2) is 5.13. The Morgan fingerprint density at radius 3 is 1.50 bits per heavy atom. The molecule has 0 saturated heterocycles. The van der Waals surface area contributed by atoms with Crippen molar-refractivity contribution >= 4 is 0 Å². The number of alkyl halides is 4. The van der Waals surface area contributed by atoms with E-state index in [9.17, 15) is 26.3 Å². The fraction of sp³-hybridized carbons (Fsp3) is 0.500. The first-order valence-electron chi connectivity index (χ1n) is 1.89. The van der Waals surface area contributed by atoms with E-state index in [0.717, 1.165) is 0 Å². The monoisotopic (exact) mass is 166 g/mol. The molecule has 10 heavy (non-hydrogen) atoms. The molecule has 0 radical (unpaired) electrons. The molecule has 0 aliphatic heterocycles. The minimum atomic E-state index is -5.17. The Labute approximate surface area is 53.1 Å². The molecular weight excluding hydrogens is 162 g/mol. The Morgan fingerprint density at radius 1 is 1.20 bits per heavy atom. The van der Waals surface area contributed by atoms with E-state index in [4.69, 9.17) is 0 Å². The van der Waals surface area contributed by atoms with Gasteiger partial charge < -0.3 is 0 Å². The first-order valence-corrected chi connectivity index (χ1v) is 1.89. The molecule has 6 heteroatoms. The van der Waals surface area contributed by atoms with E-state index in [1.807, 2.05) is 0 Å². The number of hydrogen-bond acceptors (Lipinski definition) is 0. The molecule has 0 bridgehead atoms. The summed E-state index contributed by atoms with van der Waals surface area (Å²) in [6.45, 7) is 0. The van der Waals surface area contributed by atoms with Gasteiger partial charge in [-0.15, -0.1) is 0 Å². The highest BCUT2D eigenvalue weighted by atomic mass is 19.4. The molecule has 0 unspecified atom stereocenters. The standard InChI is InChI=1S/C3HF5.CH3F/c4-1-2(5)3(6,7)8;1-2/h1H;1H3/b2-1-;. The Morgan fingerprint density at radius 2 is 1.50 bits per heavy atom. The molecule has 62 valence electrons. The summed E-state index contributed by atoms with van der Waals surface area (Å²) in [5.74, 6) is -2.71. The zero-order chi connectivity index (χ0) is 8.78. The van der Waals surface area contributed by atoms with Crippen molar-refractivity contribution < 1.29 is 26.3 Å². The third-order valence-electron chi connectivity index (χ3n) is 0.367. The molecule has 0 aromatic rings. The van der Waals surface area contributed by atoms with E-state index < -0.39 is 18.3 Å². The highest BCUT2D eigenvalue weighted by molar-refractivity contribution is 4.92. The van der Waals surface area contributed by atoms with Gasteiger partial charge in [0.25, 0.3) is 0 Å². The third kappa shape index (κ3) is 5.46. The molecule has 0 aliphatic carbocycles. The smallest absolute Gasteiger partial charge is 0.255 e. The summed E-state index contributed by atoms with van der Waals surface area (Å²) in [6.07, 6.45) is -6.30. The average Bonchev–Trinajstić information content (AvgIpc) is 1.89. The van der Waals surface area contributed by atoms with Gasteiger partial charge in [0.15, 0.2) is 0 Å². The van der Waals surface area contributed by atoms with Gasteiger partial charge in [-0.1, -0.05) is 0 Å². The molecule has 0 aromatic heterocycles. The van der Waals surface area contributed by atoms with Gasteiger partial charge in [-0.3, -0.25) is 4.39 Å². The molecule has 0 fully saturated rings. The van der Waals surface area contributed by atoms with Gasteiger partial charge in [-0.25, -0.2) is 4.39 Å². The summed E-state index contributed by atoms with van der Waals surface area (Å²) in [5, 5.41) is 0. The van der Waals surface area contributed by atoms with E-state index in [1.165, 1.54) is 0 Å². The Balaban J connectivity index is 0. The van der Waals surface area contributed by atoms with Gasteiger partial charge in [0.2, 0.25) is 5.83 Å². The first kappa shape index (κ1) is 12.0. The average molecular weight is 166 g/mol. The summed E-state index contributed by atoms with van der Waals surface area (Å²) in [7, 11) is 0.500. The normalized spacial score (nSPS) is 12.1. The molecule has 0 nitrogen and oxygen atoms in total. The predicted octanol–water partition coefficient (Wildman–Crippen LogP) is 2.91. The molecule has 0 atom stereocenters. The van der Waals surface area contributed by atoms with E-state index >= 15 is 0 Å². The van der Waals surface area contributed by atoms with Gasteiger partial charge in [-0.05, 0) is 0 Å². The fourth-order valence-corrected chi connectivity index (χ4v) is 0.0619.